The van der Waals surface area contributed by atoms with E-state index in [1.807, 2.05) is 19.1 Å². The molecule has 21 heavy (non-hydrogen) atoms. The van der Waals surface area contributed by atoms with Gasteiger partial charge in [-0.1, -0.05) is 13.0 Å². The molecule has 1 saturated heterocycles. The Balaban J connectivity index is 1.95. The van der Waals surface area contributed by atoms with Crippen molar-refractivity contribution in [2.24, 2.45) is 5.92 Å². The molecule has 1 aliphatic heterocycles. The minimum Gasteiger partial charge on any atom is -0.395 e. The molecule has 2 atom stereocenters. The molecular formula is C16H21N3O2. The van der Waals surface area contributed by atoms with E-state index in [1.165, 1.54) is 0 Å². The number of aromatic nitrogens is 2. The van der Waals surface area contributed by atoms with Gasteiger partial charge < -0.3 is 5.11 Å². The molecule has 0 radical (unpaired) electrons. The predicted octanol–water partition coefficient (Wildman–Crippen LogP) is 1.21. The van der Waals surface area contributed by atoms with E-state index < -0.39 is 0 Å². The molecule has 0 aromatic carbocycles. The van der Waals surface area contributed by atoms with Gasteiger partial charge in [-0.05, 0) is 37.4 Å². The van der Waals surface area contributed by atoms with Gasteiger partial charge >= 0.3 is 0 Å². The second kappa shape index (κ2) is 5.58. The zero-order valence-corrected chi connectivity index (χ0v) is 12.5. The molecule has 2 aromatic rings. The quantitative estimate of drug-likeness (QED) is 0.922. The van der Waals surface area contributed by atoms with Crippen LogP contribution < -0.4 is 5.56 Å². The highest BCUT2D eigenvalue weighted by Gasteiger charge is 2.30. The third-order valence-electron chi connectivity index (χ3n) is 4.49. The van der Waals surface area contributed by atoms with Gasteiger partial charge in [0.2, 0.25) is 0 Å². The van der Waals surface area contributed by atoms with Crippen molar-refractivity contribution >= 4 is 5.65 Å². The zero-order chi connectivity index (χ0) is 15.0. The Labute approximate surface area is 123 Å². The van der Waals surface area contributed by atoms with Crippen LogP contribution in [-0.2, 0) is 6.54 Å². The topological polar surface area (TPSA) is 57.8 Å². The third-order valence-corrected chi connectivity index (χ3v) is 4.49. The molecule has 2 aromatic heterocycles. The van der Waals surface area contributed by atoms with Crippen LogP contribution in [0.5, 0.6) is 0 Å². The maximum atomic E-state index is 12.2. The fourth-order valence-electron chi connectivity index (χ4n) is 3.18. The highest BCUT2D eigenvalue weighted by Crippen LogP contribution is 2.24. The lowest BCUT2D eigenvalue weighted by atomic mass is 10.0. The van der Waals surface area contributed by atoms with Crippen LogP contribution in [0.2, 0.25) is 0 Å². The second-order valence-electron chi connectivity index (χ2n) is 5.96. The number of hydrogen-bond acceptors (Lipinski definition) is 4. The van der Waals surface area contributed by atoms with Gasteiger partial charge in [0.15, 0.2) is 0 Å². The number of aliphatic hydroxyl groups is 1. The summed E-state index contributed by atoms with van der Waals surface area (Å²) in [7, 11) is 0. The van der Waals surface area contributed by atoms with Gasteiger partial charge in [0.25, 0.3) is 5.56 Å². The van der Waals surface area contributed by atoms with Crippen LogP contribution in [0.1, 0.15) is 24.6 Å². The molecule has 1 aliphatic rings. The molecule has 0 aliphatic carbocycles. The Morgan fingerprint density at radius 3 is 3.05 bits per heavy atom. The van der Waals surface area contributed by atoms with Crippen LogP contribution in [0.3, 0.4) is 0 Å². The number of pyridine rings is 1. The van der Waals surface area contributed by atoms with Crippen LogP contribution in [0.4, 0.5) is 0 Å². The number of nitrogens with zero attached hydrogens (tertiary/aromatic N) is 3. The summed E-state index contributed by atoms with van der Waals surface area (Å²) in [6.07, 6.45) is 2.83. The average molecular weight is 287 g/mol. The maximum Gasteiger partial charge on any atom is 0.258 e. The molecule has 5 heteroatoms. The van der Waals surface area contributed by atoms with Crippen LogP contribution in [0.15, 0.2) is 29.2 Å². The molecule has 3 heterocycles. The number of fused-ring (bicyclic) bond motifs is 1. The third kappa shape index (κ3) is 2.59. The van der Waals surface area contributed by atoms with Gasteiger partial charge in [-0.15, -0.1) is 0 Å². The van der Waals surface area contributed by atoms with Gasteiger partial charge in [0.1, 0.15) is 5.65 Å². The first-order valence-corrected chi connectivity index (χ1v) is 7.43. The van der Waals surface area contributed by atoms with E-state index in [4.69, 9.17) is 0 Å². The van der Waals surface area contributed by atoms with Crippen molar-refractivity contribution in [3.05, 3.63) is 46.0 Å². The highest BCUT2D eigenvalue weighted by molar-refractivity contribution is 5.46. The van der Waals surface area contributed by atoms with Crippen molar-refractivity contribution in [2.45, 2.75) is 32.9 Å². The van der Waals surface area contributed by atoms with E-state index in [2.05, 4.69) is 16.8 Å². The van der Waals surface area contributed by atoms with E-state index in [-0.39, 0.29) is 18.2 Å². The van der Waals surface area contributed by atoms with Crippen molar-refractivity contribution in [1.29, 1.82) is 0 Å². The summed E-state index contributed by atoms with van der Waals surface area (Å²) in [5, 5.41) is 9.53. The Hall–Kier alpha value is -1.72. The first kappa shape index (κ1) is 14.2. The van der Waals surface area contributed by atoms with E-state index in [9.17, 15) is 9.90 Å². The van der Waals surface area contributed by atoms with E-state index in [0.29, 0.717) is 18.1 Å². The van der Waals surface area contributed by atoms with Crippen molar-refractivity contribution in [2.75, 3.05) is 13.2 Å². The second-order valence-corrected chi connectivity index (χ2v) is 5.96. The van der Waals surface area contributed by atoms with E-state index in [0.717, 1.165) is 24.2 Å². The molecule has 0 spiro atoms. The molecule has 5 nitrogen and oxygen atoms in total. The number of likely N-dealkylation sites (tertiary alicyclic amines) is 1. The molecule has 112 valence electrons. The van der Waals surface area contributed by atoms with E-state index >= 15 is 0 Å². The molecule has 0 bridgehead atoms. The van der Waals surface area contributed by atoms with Gasteiger partial charge in [0, 0.05) is 24.8 Å². The van der Waals surface area contributed by atoms with Gasteiger partial charge in [0.05, 0.1) is 12.3 Å². The number of aliphatic hydroxyl groups excluding tert-OH is 1. The van der Waals surface area contributed by atoms with Crippen LogP contribution in [0.25, 0.3) is 5.65 Å². The molecule has 1 fully saturated rings. The fraction of sp³-hybridized carbons (Fsp3) is 0.500. The lowest BCUT2D eigenvalue weighted by molar-refractivity contribution is 0.133. The first-order chi connectivity index (χ1) is 10.1. The molecule has 1 N–H and O–H groups in total. The number of rotatable bonds is 3. The summed E-state index contributed by atoms with van der Waals surface area (Å²) in [6, 6.07) is 5.58. The maximum absolute atomic E-state index is 12.2. The lowest BCUT2D eigenvalue weighted by Gasteiger charge is -2.24. The Bertz CT molecular complexity index is 710. The summed E-state index contributed by atoms with van der Waals surface area (Å²) in [6.45, 7) is 5.84. The normalized spacial score (nSPS) is 23.0. The summed E-state index contributed by atoms with van der Waals surface area (Å²) >= 11 is 0. The average Bonchev–Trinajstić information content (AvgIpc) is 2.80. The summed E-state index contributed by atoms with van der Waals surface area (Å²) in [4.78, 5) is 19.1. The van der Waals surface area contributed by atoms with E-state index in [1.54, 1.807) is 16.7 Å². The van der Waals surface area contributed by atoms with Crippen molar-refractivity contribution in [3.63, 3.8) is 0 Å². The van der Waals surface area contributed by atoms with Gasteiger partial charge in [-0.3, -0.25) is 14.1 Å². The first-order valence-electron chi connectivity index (χ1n) is 7.43. The number of hydrogen-bond donors (Lipinski definition) is 1. The molecule has 0 saturated carbocycles. The predicted molar refractivity (Wildman–Crippen MR) is 81.3 cm³/mol. The Kier molecular flexibility index (Phi) is 3.78. The zero-order valence-electron chi connectivity index (χ0n) is 12.5. The monoisotopic (exact) mass is 287 g/mol. The van der Waals surface area contributed by atoms with Crippen LogP contribution in [-0.4, -0.2) is 38.6 Å². The summed E-state index contributed by atoms with van der Waals surface area (Å²) in [5.41, 5.74) is 2.44. The minimum atomic E-state index is -0.0495. The van der Waals surface area contributed by atoms with Crippen molar-refractivity contribution in [3.8, 4) is 0 Å². The molecule has 2 unspecified atom stereocenters. The van der Waals surface area contributed by atoms with Gasteiger partial charge in [-0.25, -0.2) is 4.98 Å². The summed E-state index contributed by atoms with van der Waals surface area (Å²) in [5.74, 6) is 0.485. The molecule has 0 amide bonds. The fourth-order valence-corrected chi connectivity index (χ4v) is 3.18. The van der Waals surface area contributed by atoms with Crippen LogP contribution >= 0.6 is 0 Å². The van der Waals surface area contributed by atoms with Gasteiger partial charge in [-0.2, -0.15) is 0 Å². The molecule has 3 rings (SSSR count). The highest BCUT2D eigenvalue weighted by atomic mass is 16.3. The number of aryl methyl sites for hydroxylation is 1. The summed E-state index contributed by atoms with van der Waals surface area (Å²) < 4.78 is 1.58. The van der Waals surface area contributed by atoms with Crippen molar-refractivity contribution in [1.82, 2.24) is 14.3 Å². The van der Waals surface area contributed by atoms with Crippen molar-refractivity contribution < 1.29 is 5.11 Å². The smallest absolute Gasteiger partial charge is 0.258 e. The standard InChI is InChI=1S/C16H21N3O2/c1-11-5-7-18(14(11)10-20)9-13-8-15(21)19-6-3-4-12(2)16(19)17-13/h3-4,6,8,11,14,20H,5,7,9-10H2,1-2H3. The molecular weight excluding hydrogens is 266 g/mol. The Morgan fingerprint density at radius 2 is 2.29 bits per heavy atom. The van der Waals surface area contributed by atoms with Crippen LogP contribution in [0, 0.1) is 12.8 Å². The SMILES string of the molecule is Cc1cccn2c(=O)cc(CN3CCC(C)C3CO)nc12. The largest absolute Gasteiger partial charge is 0.395 e. The lowest BCUT2D eigenvalue weighted by Crippen LogP contribution is -2.35. The minimum absolute atomic E-state index is 0.0495. The Morgan fingerprint density at radius 1 is 1.48 bits per heavy atom.